The number of pyridine rings is 1. The molecule has 1 saturated heterocycles. The van der Waals surface area contributed by atoms with E-state index in [1.165, 1.54) is 19.3 Å². The second-order valence-corrected chi connectivity index (χ2v) is 4.36. The molecule has 17 heavy (non-hydrogen) atoms. The van der Waals surface area contributed by atoms with Crippen LogP contribution in [0, 0.1) is 0 Å². The number of ether oxygens (including phenoxy) is 1. The van der Waals surface area contributed by atoms with E-state index in [1.807, 2.05) is 12.1 Å². The minimum absolute atomic E-state index is 0.736. The topological polar surface area (TPSA) is 37.4 Å². The van der Waals surface area contributed by atoms with E-state index < -0.39 is 0 Å². The quantitative estimate of drug-likeness (QED) is 0.851. The summed E-state index contributed by atoms with van der Waals surface area (Å²) >= 11 is 0. The zero-order chi connectivity index (χ0) is 11.9. The van der Waals surface area contributed by atoms with Crippen molar-refractivity contribution in [2.24, 2.45) is 0 Å². The standard InChI is InChI=1S/C13H21N3O/c1-2-11-17-12-7-6-8-14-13(12)15-16-9-4-3-5-10-16/h6-8H,2-5,9-11H2,1H3,(H,14,15). The lowest BCUT2D eigenvalue weighted by Crippen LogP contribution is -2.35. The smallest absolute Gasteiger partial charge is 0.183 e. The third-order valence-corrected chi connectivity index (χ3v) is 2.85. The van der Waals surface area contributed by atoms with Gasteiger partial charge in [0.05, 0.1) is 6.61 Å². The van der Waals surface area contributed by atoms with Crippen LogP contribution in [0.4, 0.5) is 5.82 Å². The Bertz CT molecular complexity index is 337. The molecule has 1 aliphatic rings. The first-order valence-corrected chi connectivity index (χ1v) is 6.49. The van der Waals surface area contributed by atoms with Gasteiger partial charge < -0.3 is 4.74 Å². The Kier molecular flexibility index (Phi) is 4.62. The number of hydrazine groups is 1. The van der Waals surface area contributed by atoms with Gasteiger partial charge in [0, 0.05) is 19.3 Å². The highest BCUT2D eigenvalue weighted by Crippen LogP contribution is 2.22. The van der Waals surface area contributed by atoms with E-state index in [4.69, 9.17) is 4.74 Å². The van der Waals surface area contributed by atoms with E-state index >= 15 is 0 Å². The number of hydrogen-bond acceptors (Lipinski definition) is 4. The summed E-state index contributed by atoms with van der Waals surface area (Å²) in [4.78, 5) is 4.35. The van der Waals surface area contributed by atoms with Crippen LogP contribution in [0.15, 0.2) is 18.3 Å². The van der Waals surface area contributed by atoms with Gasteiger partial charge in [-0.1, -0.05) is 13.3 Å². The highest BCUT2D eigenvalue weighted by atomic mass is 16.5. The van der Waals surface area contributed by atoms with Crippen LogP contribution in [-0.4, -0.2) is 29.7 Å². The summed E-state index contributed by atoms with van der Waals surface area (Å²) in [5, 5.41) is 2.23. The van der Waals surface area contributed by atoms with Gasteiger partial charge in [-0.2, -0.15) is 0 Å². The molecule has 0 aliphatic carbocycles. The molecule has 4 nitrogen and oxygen atoms in total. The lowest BCUT2D eigenvalue weighted by molar-refractivity contribution is 0.267. The second kappa shape index (κ2) is 6.45. The van der Waals surface area contributed by atoms with Crippen molar-refractivity contribution in [3.05, 3.63) is 18.3 Å². The van der Waals surface area contributed by atoms with Crippen LogP contribution in [0.2, 0.25) is 0 Å². The highest BCUT2D eigenvalue weighted by molar-refractivity contribution is 5.48. The number of anilines is 1. The number of piperidine rings is 1. The van der Waals surface area contributed by atoms with Crippen molar-refractivity contribution in [2.45, 2.75) is 32.6 Å². The SMILES string of the molecule is CCCOc1cccnc1NN1CCCCC1. The fourth-order valence-electron chi connectivity index (χ4n) is 1.96. The Morgan fingerprint density at radius 2 is 2.18 bits per heavy atom. The average molecular weight is 235 g/mol. The van der Waals surface area contributed by atoms with Crippen LogP contribution >= 0.6 is 0 Å². The first kappa shape index (κ1) is 12.2. The molecule has 0 amide bonds. The van der Waals surface area contributed by atoms with Crippen molar-refractivity contribution in [1.82, 2.24) is 9.99 Å². The molecule has 0 saturated carbocycles. The summed E-state index contributed by atoms with van der Waals surface area (Å²) in [5.41, 5.74) is 3.36. The summed E-state index contributed by atoms with van der Waals surface area (Å²) in [6.07, 6.45) is 6.65. The average Bonchev–Trinajstić information content (AvgIpc) is 2.39. The third kappa shape index (κ3) is 3.60. The molecule has 0 bridgehead atoms. The number of hydrogen-bond donors (Lipinski definition) is 1. The van der Waals surface area contributed by atoms with Gasteiger partial charge in [0.15, 0.2) is 11.6 Å². The van der Waals surface area contributed by atoms with E-state index in [9.17, 15) is 0 Å². The molecule has 0 atom stereocenters. The fourth-order valence-corrected chi connectivity index (χ4v) is 1.96. The maximum Gasteiger partial charge on any atom is 0.183 e. The predicted octanol–water partition coefficient (Wildman–Crippen LogP) is 2.68. The molecule has 0 radical (unpaired) electrons. The number of nitrogens with zero attached hydrogens (tertiary/aromatic N) is 2. The Morgan fingerprint density at radius 1 is 1.35 bits per heavy atom. The first-order chi connectivity index (χ1) is 8.40. The third-order valence-electron chi connectivity index (χ3n) is 2.85. The second-order valence-electron chi connectivity index (χ2n) is 4.36. The zero-order valence-electron chi connectivity index (χ0n) is 10.5. The lowest BCUT2D eigenvalue weighted by atomic mass is 10.2. The summed E-state index contributed by atoms with van der Waals surface area (Å²) in [5.74, 6) is 1.68. The van der Waals surface area contributed by atoms with Crippen molar-refractivity contribution in [1.29, 1.82) is 0 Å². The van der Waals surface area contributed by atoms with Crippen LogP contribution in [0.5, 0.6) is 5.75 Å². The molecule has 94 valence electrons. The van der Waals surface area contributed by atoms with Crippen LogP contribution in [-0.2, 0) is 0 Å². The normalized spacial score (nSPS) is 16.8. The van der Waals surface area contributed by atoms with Crippen molar-refractivity contribution in [2.75, 3.05) is 25.1 Å². The monoisotopic (exact) mass is 235 g/mol. The van der Waals surface area contributed by atoms with Gasteiger partial charge in [-0.05, 0) is 31.4 Å². The van der Waals surface area contributed by atoms with Crippen LogP contribution in [0.3, 0.4) is 0 Å². The van der Waals surface area contributed by atoms with Crippen molar-refractivity contribution in [3.8, 4) is 5.75 Å². The molecule has 1 aromatic heterocycles. The Labute approximate surface area is 103 Å². The van der Waals surface area contributed by atoms with E-state index in [1.54, 1.807) is 6.20 Å². The lowest BCUT2D eigenvalue weighted by Gasteiger charge is -2.27. The summed E-state index contributed by atoms with van der Waals surface area (Å²) in [7, 11) is 0. The molecular weight excluding hydrogens is 214 g/mol. The summed E-state index contributed by atoms with van der Waals surface area (Å²) in [6.45, 7) is 5.02. The Morgan fingerprint density at radius 3 is 2.94 bits per heavy atom. The number of rotatable bonds is 5. The van der Waals surface area contributed by atoms with Gasteiger partial charge in [-0.3, -0.25) is 5.43 Å². The maximum absolute atomic E-state index is 5.68. The largest absolute Gasteiger partial charge is 0.490 e. The van der Waals surface area contributed by atoms with Gasteiger partial charge in [-0.25, -0.2) is 9.99 Å². The minimum Gasteiger partial charge on any atom is -0.490 e. The molecule has 4 heteroatoms. The number of aromatic nitrogens is 1. The van der Waals surface area contributed by atoms with Crippen LogP contribution in [0.25, 0.3) is 0 Å². The van der Waals surface area contributed by atoms with Crippen molar-refractivity contribution in [3.63, 3.8) is 0 Å². The highest BCUT2D eigenvalue weighted by Gasteiger charge is 2.12. The molecule has 1 aliphatic heterocycles. The molecule has 1 aromatic rings. The van der Waals surface area contributed by atoms with Crippen LogP contribution in [0.1, 0.15) is 32.6 Å². The van der Waals surface area contributed by atoms with E-state index in [0.717, 1.165) is 37.7 Å². The fraction of sp³-hybridized carbons (Fsp3) is 0.615. The van der Waals surface area contributed by atoms with Gasteiger partial charge in [0.25, 0.3) is 0 Å². The van der Waals surface area contributed by atoms with Gasteiger partial charge in [0.1, 0.15) is 0 Å². The molecule has 0 spiro atoms. The van der Waals surface area contributed by atoms with E-state index in [-0.39, 0.29) is 0 Å². The van der Waals surface area contributed by atoms with E-state index in [0.29, 0.717) is 0 Å². The van der Waals surface area contributed by atoms with E-state index in [2.05, 4.69) is 22.3 Å². The summed E-state index contributed by atoms with van der Waals surface area (Å²) < 4.78 is 5.68. The zero-order valence-corrected chi connectivity index (χ0v) is 10.5. The first-order valence-electron chi connectivity index (χ1n) is 6.49. The molecule has 0 unspecified atom stereocenters. The Hall–Kier alpha value is -1.29. The molecule has 1 fully saturated rings. The molecule has 2 rings (SSSR count). The molecule has 0 aromatic carbocycles. The maximum atomic E-state index is 5.68. The number of nitrogens with one attached hydrogen (secondary N) is 1. The summed E-state index contributed by atoms with van der Waals surface area (Å²) in [6, 6.07) is 3.88. The van der Waals surface area contributed by atoms with Crippen LogP contribution < -0.4 is 10.2 Å². The predicted molar refractivity (Wildman–Crippen MR) is 69.1 cm³/mol. The van der Waals surface area contributed by atoms with Gasteiger partial charge in [-0.15, -0.1) is 0 Å². The minimum atomic E-state index is 0.736. The molecule has 1 N–H and O–H groups in total. The van der Waals surface area contributed by atoms with Gasteiger partial charge >= 0.3 is 0 Å². The van der Waals surface area contributed by atoms with Gasteiger partial charge in [0.2, 0.25) is 0 Å². The Balaban J connectivity index is 1.98. The molecule has 2 heterocycles. The van der Waals surface area contributed by atoms with Crippen molar-refractivity contribution >= 4 is 5.82 Å². The van der Waals surface area contributed by atoms with Crippen molar-refractivity contribution < 1.29 is 4.74 Å². The molecular formula is C13H21N3O.